The van der Waals surface area contributed by atoms with E-state index in [1.54, 1.807) is 0 Å². The van der Waals surface area contributed by atoms with Gasteiger partial charge < -0.3 is 4.90 Å². The molecule has 166 valence electrons. The van der Waals surface area contributed by atoms with E-state index in [2.05, 4.69) is 81.5 Å². The fraction of sp³-hybridized carbons (Fsp3) is 0.310. The molecule has 4 heteroatoms. The number of piperidine rings is 1. The molecule has 4 nitrogen and oxygen atoms in total. The van der Waals surface area contributed by atoms with Crippen molar-refractivity contribution in [3.05, 3.63) is 102 Å². The Bertz CT molecular complexity index is 1240. The van der Waals surface area contributed by atoms with Crippen LogP contribution in [0.2, 0.25) is 0 Å². The Labute approximate surface area is 195 Å². The van der Waals surface area contributed by atoms with Crippen LogP contribution in [-0.2, 0) is 19.5 Å². The molecule has 0 atom stereocenters. The molecule has 0 N–H and O–H groups in total. The van der Waals surface area contributed by atoms with Crippen molar-refractivity contribution < 1.29 is 0 Å². The Hall–Kier alpha value is -3.24. The fourth-order valence-electron chi connectivity index (χ4n) is 5.54. The highest BCUT2D eigenvalue weighted by atomic mass is 15.2. The topological polar surface area (TPSA) is 32.3 Å². The lowest BCUT2D eigenvalue weighted by Crippen LogP contribution is -2.33. The van der Waals surface area contributed by atoms with E-state index in [0.29, 0.717) is 5.92 Å². The molecule has 4 heterocycles. The molecule has 1 saturated heterocycles. The third-order valence-corrected chi connectivity index (χ3v) is 7.38. The van der Waals surface area contributed by atoms with Crippen LogP contribution in [0.25, 0.3) is 10.9 Å². The van der Waals surface area contributed by atoms with Gasteiger partial charge in [0, 0.05) is 68.3 Å². The number of nitrogens with zero attached hydrogens (tertiary/aromatic N) is 4. The maximum Gasteiger partial charge on any atom is 0.0705 e. The summed E-state index contributed by atoms with van der Waals surface area (Å²) in [4.78, 5) is 14.2. The zero-order chi connectivity index (χ0) is 22.0. The molecular weight excluding hydrogens is 404 g/mol. The van der Waals surface area contributed by atoms with Gasteiger partial charge in [0.2, 0.25) is 0 Å². The number of para-hydroxylation sites is 1. The highest BCUT2D eigenvalue weighted by Gasteiger charge is 2.26. The van der Waals surface area contributed by atoms with Gasteiger partial charge in [-0.25, -0.2) is 0 Å². The van der Waals surface area contributed by atoms with Crippen LogP contribution in [0.15, 0.2) is 79.1 Å². The van der Waals surface area contributed by atoms with Crippen LogP contribution in [0.3, 0.4) is 0 Å². The van der Waals surface area contributed by atoms with Crippen molar-refractivity contribution in [1.29, 1.82) is 0 Å². The van der Waals surface area contributed by atoms with Gasteiger partial charge in [-0.1, -0.05) is 36.4 Å². The summed E-state index contributed by atoms with van der Waals surface area (Å²) >= 11 is 0. The van der Waals surface area contributed by atoms with Crippen LogP contribution in [0.4, 0.5) is 5.69 Å². The van der Waals surface area contributed by atoms with E-state index < -0.39 is 0 Å². The molecule has 2 aliphatic heterocycles. The Morgan fingerprint density at radius 1 is 0.818 bits per heavy atom. The van der Waals surface area contributed by atoms with E-state index in [1.807, 2.05) is 12.4 Å². The number of hydrogen-bond donors (Lipinski definition) is 0. The second-order valence-corrected chi connectivity index (χ2v) is 9.41. The van der Waals surface area contributed by atoms with Crippen molar-refractivity contribution in [2.24, 2.45) is 0 Å². The Morgan fingerprint density at radius 2 is 1.67 bits per heavy atom. The molecule has 4 aromatic rings. The lowest BCUT2D eigenvalue weighted by atomic mass is 9.89. The van der Waals surface area contributed by atoms with Crippen molar-refractivity contribution in [3.63, 3.8) is 0 Å². The quantitative estimate of drug-likeness (QED) is 0.411. The van der Waals surface area contributed by atoms with Crippen molar-refractivity contribution in [2.75, 3.05) is 24.5 Å². The minimum atomic E-state index is 0.659. The largest absolute Gasteiger partial charge is 0.371 e. The van der Waals surface area contributed by atoms with Crippen LogP contribution in [0, 0.1) is 0 Å². The number of rotatable bonds is 5. The number of hydrogen-bond acceptors (Lipinski definition) is 4. The number of pyridine rings is 2. The van der Waals surface area contributed by atoms with Crippen molar-refractivity contribution in [3.8, 4) is 0 Å². The molecule has 0 amide bonds. The SMILES string of the molecule is c1cc2c(c(N3CCC(c4ccncc4)CC3)c1)CN(CCc1ccc3ccccc3n1)C2. The zero-order valence-electron chi connectivity index (χ0n) is 19.0. The van der Waals surface area contributed by atoms with E-state index in [-0.39, 0.29) is 0 Å². The van der Waals surface area contributed by atoms with Crippen molar-refractivity contribution in [2.45, 2.75) is 38.3 Å². The van der Waals surface area contributed by atoms with Crippen LogP contribution in [0.1, 0.15) is 41.1 Å². The average Bonchev–Trinajstić information content (AvgIpc) is 3.31. The molecule has 2 aromatic carbocycles. The first-order chi connectivity index (χ1) is 16.3. The predicted molar refractivity (Wildman–Crippen MR) is 134 cm³/mol. The number of benzene rings is 2. The summed E-state index contributed by atoms with van der Waals surface area (Å²) < 4.78 is 0. The van der Waals surface area contributed by atoms with E-state index >= 15 is 0 Å². The summed E-state index contributed by atoms with van der Waals surface area (Å²) in [6.45, 7) is 5.39. The van der Waals surface area contributed by atoms with Gasteiger partial charge in [0.1, 0.15) is 0 Å². The first kappa shape index (κ1) is 20.4. The lowest BCUT2D eigenvalue weighted by Gasteiger charge is -2.35. The standard InChI is InChI=1S/C29H30N4/c1-2-6-28-24(4-1)8-9-26(31-28)14-17-32-20-25-5-3-7-29(27(25)21-32)33-18-12-23(13-19-33)22-10-15-30-16-11-22/h1-11,15-16,23H,12-14,17-21H2. The van der Waals surface area contributed by atoms with E-state index in [9.17, 15) is 0 Å². The highest BCUT2D eigenvalue weighted by molar-refractivity contribution is 5.78. The summed E-state index contributed by atoms with van der Waals surface area (Å²) in [5.74, 6) is 0.659. The molecule has 0 radical (unpaired) electrons. The van der Waals surface area contributed by atoms with Gasteiger partial charge in [0.15, 0.2) is 0 Å². The number of anilines is 1. The smallest absolute Gasteiger partial charge is 0.0705 e. The van der Waals surface area contributed by atoms with Crippen LogP contribution in [0.5, 0.6) is 0 Å². The van der Waals surface area contributed by atoms with Gasteiger partial charge in [-0.3, -0.25) is 14.9 Å². The van der Waals surface area contributed by atoms with Crippen molar-refractivity contribution >= 4 is 16.6 Å². The first-order valence-electron chi connectivity index (χ1n) is 12.2. The molecule has 0 unspecified atom stereocenters. The fourth-order valence-corrected chi connectivity index (χ4v) is 5.54. The molecule has 0 saturated carbocycles. The second-order valence-electron chi connectivity index (χ2n) is 9.41. The minimum Gasteiger partial charge on any atom is -0.371 e. The molecule has 0 aliphatic carbocycles. The number of fused-ring (bicyclic) bond motifs is 2. The summed E-state index contributed by atoms with van der Waals surface area (Å²) in [5.41, 5.74) is 8.20. The van der Waals surface area contributed by atoms with Crippen LogP contribution in [-0.4, -0.2) is 34.5 Å². The summed E-state index contributed by atoms with van der Waals surface area (Å²) in [6.07, 6.45) is 7.27. The zero-order valence-corrected chi connectivity index (χ0v) is 19.0. The molecule has 2 aliphatic rings. The third-order valence-electron chi connectivity index (χ3n) is 7.38. The molecule has 6 rings (SSSR count). The van der Waals surface area contributed by atoms with Crippen molar-refractivity contribution in [1.82, 2.24) is 14.9 Å². The van der Waals surface area contributed by atoms with Gasteiger partial charge in [-0.05, 0) is 65.8 Å². The molecule has 0 bridgehead atoms. The molecule has 1 fully saturated rings. The monoisotopic (exact) mass is 434 g/mol. The molecule has 2 aromatic heterocycles. The summed E-state index contributed by atoms with van der Waals surface area (Å²) in [6, 6.07) is 24.0. The molecule has 33 heavy (non-hydrogen) atoms. The normalized spacial score (nSPS) is 16.9. The van der Waals surface area contributed by atoms with Gasteiger partial charge in [0.25, 0.3) is 0 Å². The number of aromatic nitrogens is 2. The van der Waals surface area contributed by atoms with Gasteiger partial charge in [-0.2, -0.15) is 0 Å². The minimum absolute atomic E-state index is 0.659. The first-order valence-corrected chi connectivity index (χ1v) is 12.2. The predicted octanol–water partition coefficient (Wildman–Crippen LogP) is 5.57. The van der Waals surface area contributed by atoms with Gasteiger partial charge in [0.05, 0.1) is 5.52 Å². The third kappa shape index (κ3) is 4.23. The Morgan fingerprint density at radius 3 is 2.55 bits per heavy atom. The van der Waals surface area contributed by atoms with E-state index in [1.165, 1.54) is 46.3 Å². The Kier molecular flexibility index (Phi) is 5.53. The lowest BCUT2D eigenvalue weighted by molar-refractivity contribution is 0.287. The summed E-state index contributed by atoms with van der Waals surface area (Å²) in [5, 5.41) is 1.21. The Balaban J connectivity index is 1.11. The van der Waals surface area contributed by atoms with Crippen LogP contribution >= 0.6 is 0 Å². The second kappa shape index (κ2) is 8.95. The average molecular weight is 435 g/mol. The van der Waals surface area contributed by atoms with Gasteiger partial charge >= 0.3 is 0 Å². The van der Waals surface area contributed by atoms with Gasteiger partial charge in [-0.15, -0.1) is 0 Å². The summed E-state index contributed by atoms with van der Waals surface area (Å²) in [7, 11) is 0. The highest BCUT2D eigenvalue weighted by Crippen LogP contribution is 2.36. The molecular formula is C29H30N4. The van der Waals surface area contributed by atoms with E-state index in [4.69, 9.17) is 4.98 Å². The molecule has 0 spiro atoms. The maximum absolute atomic E-state index is 4.87. The van der Waals surface area contributed by atoms with Crippen LogP contribution < -0.4 is 4.90 Å². The van der Waals surface area contributed by atoms with E-state index in [0.717, 1.165) is 44.7 Å². The maximum atomic E-state index is 4.87.